The summed E-state index contributed by atoms with van der Waals surface area (Å²) in [6.07, 6.45) is 31.1. The fourth-order valence-corrected chi connectivity index (χ4v) is 8.08. The lowest BCUT2D eigenvalue weighted by Crippen LogP contribution is -2.64. The van der Waals surface area contributed by atoms with Crippen molar-refractivity contribution in [3.05, 3.63) is 97.2 Å². The van der Waals surface area contributed by atoms with Gasteiger partial charge in [0.15, 0.2) is 6.10 Å². The molecule has 1 saturated carbocycles. The van der Waals surface area contributed by atoms with Gasteiger partial charge in [-0.3, -0.25) is 23.2 Å². The Morgan fingerprint density at radius 1 is 0.559 bits per heavy atom. The minimum Gasteiger partial charge on any atom is -0.462 e. The van der Waals surface area contributed by atoms with Gasteiger partial charge in [-0.25, -0.2) is 9.13 Å². The lowest BCUT2D eigenvalue weighted by Gasteiger charge is -2.43. The quantitative estimate of drug-likeness (QED) is 0.00953. The van der Waals surface area contributed by atoms with Gasteiger partial charge in [-0.1, -0.05) is 150 Å². The van der Waals surface area contributed by atoms with Gasteiger partial charge in [-0.05, 0) is 70.6 Å². The Labute approximate surface area is 403 Å². The van der Waals surface area contributed by atoms with Gasteiger partial charge in [-0.2, -0.15) is 0 Å². The number of carbonyl (C=O) groups is 2. The Balaban J connectivity index is 2.69. The zero-order valence-electron chi connectivity index (χ0n) is 39.9. The summed E-state index contributed by atoms with van der Waals surface area (Å²) in [4.78, 5) is 54.3. The van der Waals surface area contributed by atoms with Crippen molar-refractivity contribution < 1.29 is 82.0 Å². The Morgan fingerprint density at radius 2 is 1.10 bits per heavy atom. The third kappa shape index (κ3) is 32.6. The minimum atomic E-state index is -5.39. The molecule has 1 aliphatic carbocycles. The normalized spacial score (nSPS) is 22.6. The van der Waals surface area contributed by atoms with Gasteiger partial charge < -0.3 is 49.7 Å². The van der Waals surface area contributed by atoms with Gasteiger partial charge in [0.25, 0.3) is 0 Å². The molecule has 0 aromatic carbocycles. The molecule has 9 atom stereocenters. The van der Waals surface area contributed by atoms with Gasteiger partial charge >= 0.3 is 27.6 Å². The molecule has 0 amide bonds. The zero-order chi connectivity index (χ0) is 50.5. The van der Waals surface area contributed by atoms with E-state index < -0.39 is 89.6 Å². The summed E-state index contributed by atoms with van der Waals surface area (Å²) in [6.45, 7) is 2.79. The van der Waals surface area contributed by atoms with E-state index in [-0.39, 0.29) is 19.3 Å². The highest BCUT2D eigenvalue weighted by molar-refractivity contribution is 7.47. The second-order valence-corrected chi connectivity index (χ2v) is 18.9. The first kappa shape index (κ1) is 62.9. The second kappa shape index (κ2) is 38.6. The van der Waals surface area contributed by atoms with Crippen LogP contribution in [-0.2, 0) is 41.8 Å². The van der Waals surface area contributed by atoms with E-state index in [0.29, 0.717) is 25.7 Å². The van der Waals surface area contributed by atoms with Gasteiger partial charge in [0.05, 0.1) is 12.7 Å². The lowest BCUT2D eigenvalue weighted by molar-refractivity contribution is -0.216. The molecule has 0 heterocycles. The molecule has 17 nitrogen and oxygen atoms in total. The van der Waals surface area contributed by atoms with Crippen molar-refractivity contribution in [1.29, 1.82) is 0 Å². The number of aliphatic hydroxyl groups is 5. The van der Waals surface area contributed by atoms with E-state index in [4.69, 9.17) is 18.5 Å². The molecular formula is C49H80O17P2. The van der Waals surface area contributed by atoms with Crippen molar-refractivity contribution in [2.75, 3.05) is 13.2 Å². The summed E-state index contributed by atoms with van der Waals surface area (Å²) in [5, 5.41) is 51.4. The van der Waals surface area contributed by atoms with Crippen LogP contribution in [0, 0.1) is 0 Å². The van der Waals surface area contributed by atoms with Crippen molar-refractivity contribution in [3.63, 3.8) is 0 Å². The van der Waals surface area contributed by atoms with Gasteiger partial charge in [0.1, 0.15) is 43.2 Å². The van der Waals surface area contributed by atoms with E-state index in [2.05, 4.69) is 67.0 Å². The van der Waals surface area contributed by atoms with Crippen LogP contribution in [0.15, 0.2) is 97.2 Å². The molecule has 68 heavy (non-hydrogen) atoms. The van der Waals surface area contributed by atoms with Crippen molar-refractivity contribution in [1.82, 2.24) is 0 Å². The van der Waals surface area contributed by atoms with Crippen LogP contribution in [0.2, 0.25) is 0 Å². The Hall–Kier alpha value is -3.12. The van der Waals surface area contributed by atoms with Gasteiger partial charge in [0, 0.05) is 12.8 Å². The maximum atomic E-state index is 13.0. The number of unbranched alkanes of at least 4 members (excludes halogenated alkanes) is 7. The van der Waals surface area contributed by atoms with Crippen LogP contribution in [0.4, 0.5) is 0 Å². The first-order chi connectivity index (χ1) is 32.5. The molecule has 1 fully saturated rings. The SMILES string of the molecule is CC/C=C/C/C=C/C=C/C(O)CCCCCCCC(=O)OC[C@H](COP(=O)(O)O[C@H]1C(O)C(O)C(O)[C@@H](OP(=O)(O)O)C1O)OC(=O)CC/C=C\C/C=C\C/C=C\C/C=C\C/C=C\CCCCC. The van der Waals surface area contributed by atoms with Crippen LogP contribution in [0.5, 0.6) is 0 Å². The fourth-order valence-electron chi connectivity index (χ4n) is 6.54. The van der Waals surface area contributed by atoms with Crippen LogP contribution in [-0.4, -0.2) is 114 Å². The number of ether oxygens (including phenoxy) is 2. The van der Waals surface area contributed by atoms with Gasteiger partial charge in [-0.15, -0.1) is 0 Å². The maximum absolute atomic E-state index is 13.0. The van der Waals surface area contributed by atoms with Crippen molar-refractivity contribution in [2.24, 2.45) is 0 Å². The second-order valence-electron chi connectivity index (χ2n) is 16.3. The van der Waals surface area contributed by atoms with Crippen LogP contribution < -0.4 is 0 Å². The molecule has 1 rings (SSSR count). The van der Waals surface area contributed by atoms with E-state index in [1.54, 1.807) is 12.2 Å². The number of esters is 2. The molecular weight excluding hydrogens is 922 g/mol. The van der Waals surface area contributed by atoms with E-state index in [1.807, 2.05) is 36.5 Å². The van der Waals surface area contributed by atoms with Crippen molar-refractivity contribution >= 4 is 27.6 Å². The number of phosphoric ester groups is 2. The number of allylic oxidation sites excluding steroid dienone is 15. The monoisotopic (exact) mass is 1000 g/mol. The number of rotatable bonds is 38. The van der Waals surface area contributed by atoms with E-state index in [9.17, 15) is 58.9 Å². The molecule has 6 unspecified atom stereocenters. The maximum Gasteiger partial charge on any atom is 0.472 e. The van der Waals surface area contributed by atoms with Crippen LogP contribution in [0.1, 0.15) is 136 Å². The molecule has 0 bridgehead atoms. The Bertz CT molecular complexity index is 1700. The summed E-state index contributed by atoms with van der Waals surface area (Å²) >= 11 is 0. The van der Waals surface area contributed by atoms with E-state index in [1.165, 1.54) is 19.3 Å². The zero-order valence-corrected chi connectivity index (χ0v) is 41.6. The first-order valence-corrected chi connectivity index (χ1v) is 26.9. The van der Waals surface area contributed by atoms with E-state index >= 15 is 0 Å². The number of carbonyl (C=O) groups excluding carboxylic acids is 2. The molecule has 19 heteroatoms. The molecule has 0 saturated heterocycles. The highest BCUT2D eigenvalue weighted by atomic mass is 31.2. The number of hydrogen-bond acceptors (Lipinski definition) is 14. The molecule has 388 valence electrons. The summed E-state index contributed by atoms with van der Waals surface area (Å²) in [5.74, 6) is -1.39. The number of hydrogen-bond donors (Lipinski definition) is 8. The topological polar surface area (TPSA) is 276 Å². The molecule has 0 aromatic heterocycles. The molecule has 0 spiro atoms. The molecule has 0 radical (unpaired) electrons. The Kier molecular flexibility index (Phi) is 35.7. The average Bonchev–Trinajstić information content (AvgIpc) is 3.29. The van der Waals surface area contributed by atoms with Crippen LogP contribution in [0.25, 0.3) is 0 Å². The lowest BCUT2D eigenvalue weighted by atomic mass is 9.85. The number of phosphoric acid groups is 2. The predicted molar refractivity (Wildman–Crippen MR) is 261 cm³/mol. The predicted octanol–water partition coefficient (Wildman–Crippen LogP) is 8.14. The Morgan fingerprint density at radius 3 is 1.71 bits per heavy atom. The smallest absolute Gasteiger partial charge is 0.462 e. The average molecular weight is 1000 g/mol. The standard InChI is InChI=1S/C49H80O17P2/c1-3-5-7-9-11-12-13-14-15-16-17-18-19-20-21-22-24-28-33-37-43(52)64-41(38-62-42(51)36-32-29-25-27-31-35-40(50)34-30-26-23-10-8-6-4-2)39-63-68(60,61)66-49-46(55)44(53)45(54)48(47(49)56)65-67(57,58)59/h6,8,11-12,14-15,17-18,20-21,23-24,26,28,30,34,40-41,44-50,53-56H,3-5,7,9-10,13,16,19,22,25,27,29,31-33,35-39H2,1-2H3,(H,60,61)(H2,57,58,59)/b8-6+,12-11-,15-14-,18-17-,21-20-,26-23+,28-24-,34-30+/t40?,41-,44?,45?,46?,47?,48-,49+/m1/s1. The molecule has 0 aromatic rings. The molecule has 1 aliphatic rings. The molecule has 0 aliphatic heterocycles. The number of aliphatic hydroxyl groups excluding tert-OH is 5. The fraction of sp³-hybridized carbons (Fsp3) is 0.633. The highest BCUT2D eigenvalue weighted by Gasteiger charge is 2.54. The minimum absolute atomic E-state index is 0.0298. The van der Waals surface area contributed by atoms with Crippen molar-refractivity contribution in [2.45, 2.75) is 185 Å². The van der Waals surface area contributed by atoms with Crippen LogP contribution in [0.3, 0.4) is 0 Å². The largest absolute Gasteiger partial charge is 0.472 e. The summed E-state index contributed by atoms with van der Waals surface area (Å²) in [5.41, 5.74) is 0. The summed E-state index contributed by atoms with van der Waals surface area (Å²) < 4.78 is 49.2. The highest BCUT2D eigenvalue weighted by Crippen LogP contribution is 2.49. The third-order valence-corrected chi connectivity index (χ3v) is 11.8. The summed E-state index contributed by atoms with van der Waals surface area (Å²) in [7, 11) is -10.7. The summed E-state index contributed by atoms with van der Waals surface area (Å²) in [6, 6.07) is 0. The van der Waals surface area contributed by atoms with E-state index in [0.717, 1.165) is 57.8 Å². The molecule has 8 N–H and O–H groups in total. The van der Waals surface area contributed by atoms with Crippen LogP contribution >= 0.6 is 15.6 Å². The van der Waals surface area contributed by atoms with Crippen molar-refractivity contribution in [3.8, 4) is 0 Å². The third-order valence-electron chi connectivity index (χ3n) is 10.3. The van der Waals surface area contributed by atoms with Gasteiger partial charge in [0.2, 0.25) is 0 Å². The first-order valence-electron chi connectivity index (χ1n) is 23.9.